The van der Waals surface area contributed by atoms with Crippen LogP contribution in [-0.4, -0.2) is 29.8 Å². The van der Waals surface area contributed by atoms with Crippen LogP contribution in [0.3, 0.4) is 0 Å². The van der Waals surface area contributed by atoms with E-state index in [0.717, 1.165) is 5.56 Å². The van der Waals surface area contributed by atoms with Gasteiger partial charge in [-0.3, -0.25) is 9.59 Å². The largest absolute Gasteiger partial charge is 0.354 e. The molecule has 0 heterocycles. The quantitative estimate of drug-likeness (QED) is 0.830. The maximum absolute atomic E-state index is 11.5. The van der Waals surface area contributed by atoms with Gasteiger partial charge in [0.15, 0.2) is 0 Å². The van der Waals surface area contributed by atoms with Crippen LogP contribution < -0.4 is 5.32 Å². The lowest BCUT2D eigenvalue weighted by molar-refractivity contribution is -0.130. The first-order valence-electron chi connectivity index (χ1n) is 6.19. The Morgan fingerprint density at radius 2 is 1.89 bits per heavy atom. The molecule has 0 aliphatic heterocycles. The Morgan fingerprint density at radius 1 is 1.22 bits per heavy atom. The molecule has 0 fully saturated rings. The number of benzene rings is 1. The van der Waals surface area contributed by atoms with Gasteiger partial charge in [-0.1, -0.05) is 37.3 Å². The van der Waals surface area contributed by atoms with Crippen molar-refractivity contribution < 1.29 is 9.59 Å². The van der Waals surface area contributed by atoms with Gasteiger partial charge in [0.25, 0.3) is 0 Å². The molecule has 4 heteroatoms. The Bertz CT molecular complexity index is 390. The number of nitrogens with zero attached hydrogens (tertiary/aromatic N) is 1. The van der Waals surface area contributed by atoms with Gasteiger partial charge in [0, 0.05) is 33.0 Å². The highest BCUT2D eigenvalue weighted by Crippen LogP contribution is 2.04. The van der Waals surface area contributed by atoms with Crippen molar-refractivity contribution in [3.63, 3.8) is 0 Å². The molecule has 0 spiro atoms. The first-order valence-corrected chi connectivity index (χ1v) is 6.19. The number of hydrogen-bond donors (Lipinski definition) is 1. The van der Waals surface area contributed by atoms with Gasteiger partial charge in [-0.2, -0.15) is 0 Å². The minimum Gasteiger partial charge on any atom is -0.354 e. The normalized spacial score (nSPS) is 9.89. The molecule has 0 aliphatic rings. The summed E-state index contributed by atoms with van der Waals surface area (Å²) in [5.41, 5.74) is 1.09. The second-order valence-electron chi connectivity index (χ2n) is 4.13. The number of carbonyl (C=O) groups excluding carboxylic acids is 2. The molecule has 0 saturated carbocycles. The van der Waals surface area contributed by atoms with Gasteiger partial charge in [0.05, 0.1) is 0 Å². The molecule has 1 aromatic rings. The zero-order valence-electron chi connectivity index (χ0n) is 11.0. The van der Waals surface area contributed by atoms with Gasteiger partial charge >= 0.3 is 0 Å². The first kappa shape index (κ1) is 14.2. The molecular formula is C14H20N2O2. The monoisotopic (exact) mass is 248 g/mol. The molecule has 18 heavy (non-hydrogen) atoms. The Balaban J connectivity index is 2.46. The van der Waals surface area contributed by atoms with Gasteiger partial charge in [0.1, 0.15) is 0 Å². The van der Waals surface area contributed by atoms with E-state index in [2.05, 4.69) is 5.32 Å². The van der Waals surface area contributed by atoms with E-state index in [0.29, 0.717) is 26.1 Å². The lowest BCUT2D eigenvalue weighted by Crippen LogP contribution is -2.36. The maximum Gasteiger partial charge on any atom is 0.219 e. The Labute approximate surface area is 108 Å². The summed E-state index contributed by atoms with van der Waals surface area (Å²) in [5, 5.41) is 2.77. The van der Waals surface area contributed by atoms with Crippen LogP contribution in [0.15, 0.2) is 30.3 Å². The third-order valence-electron chi connectivity index (χ3n) is 2.69. The topological polar surface area (TPSA) is 49.4 Å². The molecule has 0 atom stereocenters. The SMILES string of the molecule is CCC(=O)NCCN(Cc1ccccc1)C(C)=O. The highest BCUT2D eigenvalue weighted by Gasteiger charge is 2.09. The second-order valence-corrected chi connectivity index (χ2v) is 4.13. The average Bonchev–Trinajstić information content (AvgIpc) is 2.38. The number of nitrogens with one attached hydrogen (secondary N) is 1. The summed E-state index contributed by atoms with van der Waals surface area (Å²) in [6, 6.07) is 9.82. The van der Waals surface area contributed by atoms with Crippen molar-refractivity contribution >= 4 is 11.8 Å². The summed E-state index contributed by atoms with van der Waals surface area (Å²) < 4.78 is 0. The van der Waals surface area contributed by atoms with Crippen molar-refractivity contribution in [1.82, 2.24) is 10.2 Å². The number of carbonyl (C=O) groups is 2. The third kappa shape index (κ3) is 4.99. The molecule has 2 amide bonds. The summed E-state index contributed by atoms with van der Waals surface area (Å²) in [4.78, 5) is 24.3. The summed E-state index contributed by atoms with van der Waals surface area (Å²) >= 11 is 0. The molecule has 0 radical (unpaired) electrons. The molecule has 0 aliphatic carbocycles. The van der Waals surface area contributed by atoms with E-state index in [4.69, 9.17) is 0 Å². The van der Waals surface area contributed by atoms with Crippen molar-refractivity contribution in [3.8, 4) is 0 Å². The molecular weight excluding hydrogens is 228 g/mol. The fourth-order valence-corrected chi connectivity index (χ4v) is 1.61. The Morgan fingerprint density at radius 3 is 2.44 bits per heavy atom. The summed E-state index contributed by atoms with van der Waals surface area (Å²) in [5.74, 6) is 0.0304. The summed E-state index contributed by atoms with van der Waals surface area (Å²) in [6.45, 7) is 4.97. The predicted octanol–water partition coefficient (Wildman–Crippen LogP) is 1.56. The molecule has 0 aromatic heterocycles. The van der Waals surface area contributed by atoms with Crippen LogP contribution in [0.1, 0.15) is 25.8 Å². The van der Waals surface area contributed by atoms with E-state index in [1.165, 1.54) is 0 Å². The highest BCUT2D eigenvalue weighted by molar-refractivity contribution is 5.76. The fourth-order valence-electron chi connectivity index (χ4n) is 1.61. The van der Waals surface area contributed by atoms with E-state index in [1.54, 1.807) is 11.8 Å². The second kappa shape index (κ2) is 7.48. The minimum atomic E-state index is 0.0122. The van der Waals surface area contributed by atoms with Crippen molar-refractivity contribution in [2.24, 2.45) is 0 Å². The van der Waals surface area contributed by atoms with Crippen LogP contribution in [0.25, 0.3) is 0 Å². The van der Waals surface area contributed by atoms with Gasteiger partial charge in [-0.25, -0.2) is 0 Å². The number of amides is 2. The first-order chi connectivity index (χ1) is 8.63. The zero-order valence-corrected chi connectivity index (χ0v) is 11.0. The maximum atomic E-state index is 11.5. The average molecular weight is 248 g/mol. The molecule has 0 saturated heterocycles. The summed E-state index contributed by atoms with van der Waals surface area (Å²) in [7, 11) is 0. The fraction of sp³-hybridized carbons (Fsp3) is 0.429. The van der Waals surface area contributed by atoms with E-state index >= 15 is 0 Å². The van der Waals surface area contributed by atoms with Crippen LogP contribution in [0.2, 0.25) is 0 Å². The van der Waals surface area contributed by atoms with Crippen LogP contribution in [-0.2, 0) is 16.1 Å². The van der Waals surface area contributed by atoms with E-state index in [1.807, 2.05) is 37.3 Å². The highest BCUT2D eigenvalue weighted by atomic mass is 16.2. The van der Waals surface area contributed by atoms with Crippen molar-refractivity contribution in [2.75, 3.05) is 13.1 Å². The van der Waals surface area contributed by atoms with Crippen LogP contribution >= 0.6 is 0 Å². The minimum absolute atomic E-state index is 0.0122. The smallest absolute Gasteiger partial charge is 0.219 e. The molecule has 1 N–H and O–H groups in total. The van der Waals surface area contributed by atoms with Crippen molar-refractivity contribution in [3.05, 3.63) is 35.9 Å². The molecule has 98 valence electrons. The Kier molecular flexibility index (Phi) is 5.91. The van der Waals surface area contributed by atoms with Crippen LogP contribution in [0, 0.1) is 0 Å². The molecule has 0 unspecified atom stereocenters. The number of hydrogen-bond acceptors (Lipinski definition) is 2. The Hall–Kier alpha value is -1.84. The summed E-state index contributed by atoms with van der Waals surface area (Å²) in [6.07, 6.45) is 0.471. The van der Waals surface area contributed by atoms with Crippen molar-refractivity contribution in [1.29, 1.82) is 0 Å². The van der Waals surface area contributed by atoms with Gasteiger partial charge in [-0.05, 0) is 5.56 Å². The number of rotatable bonds is 6. The lowest BCUT2D eigenvalue weighted by Gasteiger charge is -2.21. The van der Waals surface area contributed by atoms with Crippen molar-refractivity contribution in [2.45, 2.75) is 26.8 Å². The van der Waals surface area contributed by atoms with Crippen LogP contribution in [0.4, 0.5) is 0 Å². The molecule has 0 bridgehead atoms. The van der Waals surface area contributed by atoms with E-state index in [9.17, 15) is 9.59 Å². The lowest BCUT2D eigenvalue weighted by atomic mass is 10.2. The third-order valence-corrected chi connectivity index (χ3v) is 2.69. The van der Waals surface area contributed by atoms with Gasteiger partial charge in [-0.15, -0.1) is 0 Å². The van der Waals surface area contributed by atoms with Gasteiger partial charge < -0.3 is 10.2 Å². The predicted molar refractivity (Wildman–Crippen MR) is 70.8 cm³/mol. The molecule has 4 nitrogen and oxygen atoms in total. The standard InChI is InChI=1S/C14H20N2O2/c1-3-14(18)15-9-10-16(12(2)17)11-13-7-5-4-6-8-13/h4-8H,3,9-11H2,1-2H3,(H,15,18). The van der Waals surface area contributed by atoms with Gasteiger partial charge in [0.2, 0.25) is 11.8 Å². The van der Waals surface area contributed by atoms with Crippen LogP contribution in [0.5, 0.6) is 0 Å². The van der Waals surface area contributed by atoms with E-state index < -0.39 is 0 Å². The molecule has 1 rings (SSSR count). The van der Waals surface area contributed by atoms with E-state index in [-0.39, 0.29) is 11.8 Å². The zero-order chi connectivity index (χ0) is 13.4. The molecule has 1 aromatic carbocycles.